The number of amides is 1. The van der Waals surface area contributed by atoms with Crippen molar-refractivity contribution in [1.82, 2.24) is 9.78 Å². The van der Waals surface area contributed by atoms with E-state index in [0.29, 0.717) is 34.8 Å². The molecule has 214 valence electrons. The van der Waals surface area contributed by atoms with Gasteiger partial charge in [-0.25, -0.2) is 4.68 Å². The van der Waals surface area contributed by atoms with Crippen LogP contribution >= 0.6 is 0 Å². The fourth-order valence-corrected chi connectivity index (χ4v) is 8.19. The highest BCUT2D eigenvalue weighted by Crippen LogP contribution is 2.61. The first-order valence-corrected chi connectivity index (χ1v) is 14.8. The third-order valence-electron chi connectivity index (χ3n) is 9.31. The van der Waals surface area contributed by atoms with E-state index in [2.05, 4.69) is 5.32 Å². The summed E-state index contributed by atoms with van der Waals surface area (Å²) in [5.41, 5.74) is 4.37. The van der Waals surface area contributed by atoms with Gasteiger partial charge in [0.25, 0.3) is 11.6 Å². The van der Waals surface area contributed by atoms with Crippen LogP contribution < -0.4 is 10.1 Å². The Labute approximate surface area is 244 Å². The minimum Gasteiger partial charge on any atom is -0.457 e. The first kappa shape index (κ1) is 26.4. The van der Waals surface area contributed by atoms with Gasteiger partial charge in [0.05, 0.1) is 33.6 Å². The van der Waals surface area contributed by atoms with E-state index in [1.807, 2.05) is 73.3 Å². The Morgan fingerprint density at radius 3 is 2.17 bits per heavy atom. The van der Waals surface area contributed by atoms with Crippen LogP contribution in [0.3, 0.4) is 0 Å². The number of para-hydroxylation sites is 1. The van der Waals surface area contributed by atoms with Gasteiger partial charge < -0.3 is 10.1 Å². The number of carbonyl (C=O) groups excluding carboxylic acids is 1. The number of nitrogens with zero attached hydrogens (tertiary/aromatic N) is 3. The van der Waals surface area contributed by atoms with Crippen molar-refractivity contribution in [1.29, 1.82) is 0 Å². The highest BCUT2D eigenvalue weighted by molar-refractivity contribution is 6.05. The lowest BCUT2D eigenvalue weighted by molar-refractivity contribution is -0.384. The molecular formula is C34H34N4O4. The molecule has 8 rings (SSSR count). The second-order valence-electron chi connectivity index (χ2n) is 12.7. The number of aryl methyl sites for hydroxylation is 2. The number of nitrogens with one attached hydrogen (secondary N) is 1. The van der Waals surface area contributed by atoms with Gasteiger partial charge in [-0.1, -0.05) is 24.3 Å². The number of ether oxygens (including phenoxy) is 1. The van der Waals surface area contributed by atoms with Crippen LogP contribution in [0.2, 0.25) is 0 Å². The molecule has 0 aliphatic heterocycles. The molecule has 4 aromatic rings. The summed E-state index contributed by atoms with van der Waals surface area (Å²) in [5.74, 6) is 2.62. The van der Waals surface area contributed by atoms with E-state index in [9.17, 15) is 14.9 Å². The largest absolute Gasteiger partial charge is 0.457 e. The summed E-state index contributed by atoms with van der Waals surface area (Å²) in [4.78, 5) is 25.4. The SMILES string of the molecule is Cc1cc(C)cc(Oc2cc(NC(=O)c3cn(-c4ccccc4)nc3C34CC5CC(CC(C5)C3)C4)cc([N+](=O)[O-])c2)c1. The molecule has 8 nitrogen and oxygen atoms in total. The van der Waals surface area contributed by atoms with Gasteiger partial charge in [0, 0.05) is 23.7 Å². The lowest BCUT2D eigenvalue weighted by Gasteiger charge is -2.56. The fraction of sp³-hybridized carbons (Fsp3) is 0.353. The van der Waals surface area contributed by atoms with Crippen LogP contribution in [0.15, 0.2) is 72.9 Å². The monoisotopic (exact) mass is 562 g/mol. The van der Waals surface area contributed by atoms with Crippen molar-refractivity contribution in [2.45, 2.75) is 57.8 Å². The average molecular weight is 563 g/mol. The zero-order valence-corrected chi connectivity index (χ0v) is 23.9. The van der Waals surface area contributed by atoms with E-state index in [-0.39, 0.29) is 22.8 Å². The minimum atomic E-state index is -0.474. The Bertz CT molecular complexity index is 1640. The number of carbonyl (C=O) groups is 1. The molecule has 8 heteroatoms. The van der Waals surface area contributed by atoms with Gasteiger partial charge in [0.1, 0.15) is 11.5 Å². The molecule has 3 aromatic carbocycles. The van der Waals surface area contributed by atoms with Gasteiger partial charge in [-0.15, -0.1) is 0 Å². The van der Waals surface area contributed by atoms with E-state index in [0.717, 1.165) is 41.8 Å². The predicted octanol–water partition coefficient (Wildman–Crippen LogP) is 7.91. The van der Waals surface area contributed by atoms with Crippen LogP contribution in [0.25, 0.3) is 5.69 Å². The highest BCUT2D eigenvalue weighted by Gasteiger charge is 2.54. The summed E-state index contributed by atoms with van der Waals surface area (Å²) in [6.07, 6.45) is 8.88. The zero-order valence-electron chi connectivity index (χ0n) is 23.9. The van der Waals surface area contributed by atoms with E-state index < -0.39 is 4.92 Å². The summed E-state index contributed by atoms with van der Waals surface area (Å²) >= 11 is 0. The van der Waals surface area contributed by atoms with E-state index in [1.54, 1.807) is 6.07 Å². The second kappa shape index (κ2) is 10.1. The first-order valence-electron chi connectivity index (χ1n) is 14.8. The maximum atomic E-state index is 14.0. The smallest absolute Gasteiger partial charge is 0.275 e. The molecule has 1 N–H and O–H groups in total. The summed E-state index contributed by atoms with van der Waals surface area (Å²) in [7, 11) is 0. The van der Waals surface area contributed by atoms with Gasteiger partial charge in [0.2, 0.25) is 0 Å². The Kier molecular flexibility index (Phi) is 6.37. The van der Waals surface area contributed by atoms with Crippen molar-refractivity contribution in [3.05, 3.63) is 105 Å². The van der Waals surface area contributed by atoms with Crippen molar-refractivity contribution >= 4 is 17.3 Å². The van der Waals surface area contributed by atoms with Gasteiger partial charge in [-0.3, -0.25) is 14.9 Å². The highest BCUT2D eigenvalue weighted by atomic mass is 16.6. The van der Waals surface area contributed by atoms with Crippen LogP contribution in [-0.2, 0) is 5.41 Å². The lowest BCUT2D eigenvalue weighted by Crippen LogP contribution is -2.49. The molecule has 4 saturated carbocycles. The van der Waals surface area contributed by atoms with Crippen molar-refractivity contribution in [3.63, 3.8) is 0 Å². The predicted molar refractivity (Wildman–Crippen MR) is 160 cm³/mol. The van der Waals surface area contributed by atoms with E-state index in [1.165, 1.54) is 31.4 Å². The number of non-ortho nitro benzene ring substituents is 1. The number of aromatic nitrogens is 2. The summed E-state index contributed by atoms with van der Waals surface area (Å²) < 4.78 is 7.85. The number of anilines is 1. The van der Waals surface area contributed by atoms with Gasteiger partial charge in [-0.2, -0.15) is 5.10 Å². The molecule has 0 atom stereocenters. The molecule has 4 aliphatic carbocycles. The number of rotatable bonds is 7. The molecule has 0 radical (unpaired) electrons. The van der Waals surface area contributed by atoms with Crippen LogP contribution in [-0.4, -0.2) is 20.6 Å². The average Bonchev–Trinajstić information content (AvgIpc) is 3.39. The molecule has 0 spiro atoms. The maximum Gasteiger partial charge on any atom is 0.275 e. The van der Waals surface area contributed by atoms with Gasteiger partial charge >= 0.3 is 0 Å². The fourth-order valence-electron chi connectivity index (χ4n) is 8.19. The second-order valence-corrected chi connectivity index (χ2v) is 12.7. The summed E-state index contributed by atoms with van der Waals surface area (Å²) in [6.45, 7) is 3.94. The van der Waals surface area contributed by atoms with Crippen LogP contribution in [0.5, 0.6) is 11.5 Å². The summed E-state index contributed by atoms with van der Waals surface area (Å²) in [6, 6.07) is 20.0. The minimum absolute atomic E-state index is 0.110. The number of hydrogen-bond donors (Lipinski definition) is 1. The van der Waals surface area contributed by atoms with E-state index in [4.69, 9.17) is 9.84 Å². The molecular weight excluding hydrogens is 528 g/mol. The molecule has 1 heterocycles. The van der Waals surface area contributed by atoms with E-state index >= 15 is 0 Å². The number of benzene rings is 3. The molecule has 4 bridgehead atoms. The maximum absolute atomic E-state index is 14.0. The molecule has 1 aromatic heterocycles. The molecule has 42 heavy (non-hydrogen) atoms. The van der Waals surface area contributed by atoms with Crippen molar-refractivity contribution < 1.29 is 14.5 Å². The van der Waals surface area contributed by atoms with Crippen LogP contribution in [0, 0.1) is 41.7 Å². The summed E-state index contributed by atoms with van der Waals surface area (Å²) in [5, 5.41) is 19.9. The lowest BCUT2D eigenvalue weighted by atomic mass is 9.48. The molecule has 1 amide bonds. The zero-order chi connectivity index (χ0) is 29.0. The third kappa shape index (κ3) is 4.95. The Morgan fingerprint density at radius 1 is 0.929 bits per heavy atom. The van der Waals surface area contributed by atoms with Crippen LogP contribution in [0.1, 0.15) is 65.7 Å². The standard InChI is InChI=1S/C34H34N4O4/c1-21-8-22(2)10-29(9-21)42-30-15-26(14-28(16-30)38(40)41)35-33(39)31-20-37(27-6-4-3-5-7-27)36-32(31)34-17-23-11-24(18-34)13-25(12-23)19-34/h3-10,14-16,20,23-25H,11-13,17-19H2,1-2H3,(H,35,39). The number of hydrogen-bond acceptors (Lipinski definition) is 5. The Hall–Kier alpha value is -4.46. The Morgan fingerprint density at radius 2 is 1.55 bits per heavy atom. The molecule has 4 fully saturated rings. The topological polar surface area (TPSA) is 99.3 Å². The quantitative estimate of drug-likeness (QED) is 0.182. The van der Waals surface area contributed by atoms with Crippen molar-refractivity contribution in [2.75, 3.05) is 5.32 Å². The van der Waals surface area contributed by atoms with Crippen LogP contribution in [0.4, 0.5) is 11.4 Å². The Balaban J connectivity index is 1.25. The molecule has 0 unspecified atom stereocenters. The van der Waals surface area contributed by atoms with Crippen molar-refractivity contribution in [2.24, 2.45) is 17.8 Å². The molecule has 0 saturated heterocycles. The number of nitro benzene ring substituents is 1. The third-order valence-corrected chi connectivity index (χ3v) is 9.31. The normalized spacial score (nSPS) is 24.0. The van der Waals surface area contributed by atoms with Gasteiger partial charge in [-0.05, 0) is 106 Å². The number of nitro groups is 1. The molecule has 4 aliphatic rings. The first-order chi connectivity index (χ1) is 20.2. The van der Waals surface area contributed by atoms with Crippen molar-refractivity contribution in [3.8, 4) is 17.2 Å². The van der Waals surface area contributed by atoms with Gasteiger partial charge in [0.15, 0.2) is 0 Å².